The summed E-state index contributed by atoms with van der Waals surface area (Å²) < 4.78 is 42.7. The molecular weight excluding hydrogens is 448 g/mol. The van der Waals surface area contributed by atoms with Gasteiger partial charge in [-0.1, -0.05) is 6.07 Å². The molecule has 1 fully saturated rings. The van der Waals surface area contributed by atoms with E-state index in [4.69, 9.17) is 14.2 Å². The molecule has 0 unspecified atom stereocenters. The van der Waals surface area contributed by atoms with E-state index in [9.17, 15) is 18.0 Å². The van der Waals surface area contributed by atoms with E-state index in [1.54, 1.807) is 30.3 Å². The summed E-state index contributed by atoms with van der Waals surface area (Å²) in [5.74, 6) is -0.260. The number of morpholine rings is 1. The molecule has 10 heteroatoms. The Kier molecular flexibility index (Phi) is 8.06. The number of ether oxygens (including phenoxy) is 3. The van der Waals surface area contributed by atoms with Crippen LogP contribution in [0.3, 0.4) is 0 Å². The van der Waals surface area contributed by atoms with Crippen molar-refractivity contribution in [1.29, 1.82) is 0 Å². The predicted octanol–water partition coefficient (Wildman–Crippen LogP) is 2.38. The van der Waals surface area contributed by atoms with E-state index in [2.05, 4.69) is 5.32 Å². The van der Waals surface area contributed by atoms with Crippen molar-refractivity contribution in [3.05, 3.63) is 53.1 Å². The molecule has 1 N–H and O–H groups in total. The van der Waals surface area contributed by atoms with Crippen LogP contribution in [0, 0.1) is 6.92 Å². The zero-order valence-corrected chi connectivity index (χ0v) is 19.7. The summed E-state index contributed by atoms with van der Waals surface area (Å²) in [5, 5.41) is 2.81. The number of anilines is 1. The van der Waals surface area contributed by atoms with Crippen LogP contribution in [0.2, 0.25) is 0 Å². The number of aryl methyl sites for hydroxylation is 2. The van der Waals surface area contributed by atoms with Gasteiger partial charge in [-0.15, -0.1) is 0 Å². The fourth-order valence-corrected chi connectivity index (χ4v) is 4.97. The number of sulfonamides is 1. The smallest absolute Gasteiger partial charge is 0.337 e. The topological polar surface area (TPSA) is 111 Å². The maximum atomic E-state index is 13.0. The molecule has 0 atom stereocenters. The molecule has 0 aliphatic carbocycles. The molecule has 2 aromatic carbocycles. The molecule has 0 aromatic heterocycles. The third-order valence-electron chi connectivity index (χ3n) is 5.41. The minimum atomic E-state index is -3.66. The number of carbonyl (C=O) groups is 2. The fourth-order valence-electron chi connectivity index (χ4n) is 3.51. The highest BCUT2D eigenvalue weighted by atomic mass is 32.2. The minimum absolute atomic E-state index is 0.0965. The minimum Gasteiger partial charge on any atom is -0.496 e. The van der Waals surface area contributed by atoms with E-state index in [0.717, 1.165) is 5.56 Å². The molecule has 2 aromatic rings. The molecule has 0 spiro atoms. The van der Waals surface area contributed by atoms with Crippen LogP contribution in [0.25, 0.3) is 0 Å². The average molecular weight is 477 g/mol. The van der Waals surface area contributed by atoms with Gasteiger partial charge >= 0.3 is 5.97 Å². The van der Waals surface area contributed by atoms with Gasteiger partial charge in [-0.25, -0.2) is 13.2 Å². The zero-order chi connectivity index (χ0) is 24.0. The lowest BCUT2D eigenvalue weighted by Crippen LogP contribution is -2.40. The second-order valence-electron chi connectivity index (χ2n) is 7.56. The Morgan fingerprint density at radius 2 is 1.82 bits per heavy atom. The molecule has 0 radical (unpaired) electrons. The molecule has 1 saturated heterocycles. The lowest BCUT2D eigenvalue weighted by Gasteiger charge is -2.26. The number of hydrogen-bond acceptors (Lipinski definition) is 7. The van der Waals surface area contributed by atoms with Crippen LogP contribution < -0.4 is 10.1 Å². The summed E-state index contributed by atoms with van der Waals surface area (Å²) in [5.41, 5.74) is 2.26. The first-order valence-corrected chi connectivity index (χ1v) is 11.9. The van der Waals surface area contributed by atoms with Gasteiger partial charge in [0.15, 0.2) is 0 Å². The van der Waals surface area contributed by atoms with Gasteiger partial charge in [0.25, 0.3) is 0 Å². The highest BCUT2D eigenvalue weighted by molar-refractivity contribution is 7.89. The first kappa shape index (κ1) is 24.7. The quantitative estimate of drug-likeness (QED) is 0.582. The molecule has 1 heterocycles. The summed E-state index contributed by atoms with van der Waals surface area (Å²) >= 11 is 0. The van der Waals surface area contributed by atoms with Gasteiger partial charge in [-0.3, -0.25) is 4.79 Å². The number of nitrogens with one attached hydrogen (secondary N) is 1. The largest absolute Gasteiger partial charge is 0.496 e. The van der Waals surface area contributed by atoms with Crippen LogP contribution in [0.15, 0.2) is 41.3 Å². The lowest BCUT2D eigenvalue weighted by molar-refractivity contribution is -0.116. The molecule has 1 aliphatic heterocycles. The maximum Gasteiger partial charge on any atom is 0.337 e. The summed E-state index contributed by atoms with van der Waals surface area (Å²) in [6.07, 6.45) is 0.372. The van der Waals surface area contributed by atoms with Crippen molar-refractivity contribution in [2.45, 2.75) is 24.7 Å². The highest BCUT2D eigenvalue weighted by Crippen LogP contribution is 2.26. The molecule has 1 amide bonds. The van der Waals surface area contributed by atoms with E-state index in [1.165, 1.54) is 24.6 Å². The summed E-state index contributed by atoms with van der Waals surface area (Å²) in [7, 11) is -0.875. The Morgan fingerprint density at radius 1 is 1.09 bits per heavy atom. The molecule has 0 saturated carbocycles. The molecule has 178 valence electrons. The number of methoxy groups -OCH3 is 2. The van der Waals surface area contributed by atoms with E-state index in [0.29, 0.717) is 48.9 Å². The zero-order valence-electron chi connectivity index (χ0n) is 18.9. The van der Waals surface area contributed by atoms with Crippen molar-refractivity contribution in [2.75, 3.05) is 45.8 Å². The Bertz CT molecular complexity index is 1130. The average Bonchev–Trinajstić information content (AvgIpc) is 2.83. The standard InChI is InChI=1S/C23H28N2O7S/c1-16-4-5-18(23(27)31-3)15-20(16)24-22(26)9-6-17-14-19(7-8-21(17)30-2)33(28,29)25-10-12-32-13-11-25/h4-5,7-8,14-15H,6,9-13H2,1-3H3,(H,24,26). The van der Waals surface area contributed by atoms with Gasteiger partial charge < -0.3 is 19.5 Å². The number of amides is 1. The van der Waals surface area contributed by atoms with Crippen LogP contribution in [0.1, 0.15) is 27.9 Å². The molecule has 9 nitrogen and oxygen atoms in total. The fraction of sp³-hybridized carbons (Fsp3) is 0.391. The van der Waals surface area contributed by atoms with Crippen LogP contribution in [-0.4, -0.2) is 65.1 Å². The van der Waals surface area contributed by atoms with E-state index < -0.39 is 16.0 Å². The van der Waals surface area contributed by atoms with Gasteiger partial charge in [-0.05, 0) is 54.8 Å². The third kappa shape index (κ3) is 5.89. The predicted molar refractivity (Wildman–Crippen MR) is 122 cm³/mol. The number of carbonyl (C=O) groups excluding carboxylic acids is 2. The Morgan fingerprint density at radius 3 is 2.48 bits per heavy atom. The molecule has 33 heavy (non-hydrogen) atoms. The first-order valence-electron chi connectivity index (χ1n) is 10.5. The van der Waals surface area contributed by atoms with E-state index >= 15 is 0 Å². The van der Waals surface area contributed by atoms with E-state index in [-0.39, 0.29) is 23.6 Å². The van der Waals surface area contributed by atoms with Crippen LogP contribution in [-0.2, 0) is 30.7 Å². The maximum absolute atomic E-state index is 13.0. The van der Waals surface area contributed by atoms with Crippen LogP contribution in [0.4, 0.5) is 5.69 Å². The van der Waals surface area contributed by atoms with Crippen molar-refractivity contribution in [2.24, 2.45) is 0 Å². The molecular formula is C23H28N2O7S. The van der Waals surface area contributed by atoms with Gasteiger partial charge in [0.1, 0.15) is 5.75 Å². The lowest BCUT2D eigenvalue weighted by atomic mass is 10.1. The molecule has 0 bridgehead atoms. The SMILES string of the molecule is COC(=O)c1ccc(C)c(NC(=O)CCc2cc(S(=O)(=O)N3CCOCC3)ccc2OC)c1. The van der Waals surface area contributed by atoms with E-state index in [1.807, 2.05) is 6.92 Å². The second-order valence-corrected chi connectivity index (χ2v) is 9.50. The van der Waals surface area contributed by atoms with Gasteiger partial charge in [0, 0.05) is 25.2 Å². The monoisotopic (exact) mass is 476 g/mol. The Balaban J connectivity index is 1.73. The highest BCUT2D eigenvalue weighted by Gasteiger charge is 2.27. The molecule has 1 aliphatic rings. The van der Waals surface area contributed by atoms with Crippen molar-refractivity contribution in [3.8, 4) is 5.75 Å². The van der Waals surface area contributed by atoms with Crippen molar-refractivity contribution in [1.82, 2.24) is 4.31 Å². The van der Waals surface area contributed by atoms with Gasteiger partial charge in [-0.2, -0.15) is 4.31 Å². The normalized spacial score (nSPS) is 14.5. The number of hydrogen-bond donors (Lipinski definition) is 1. The van der Waals surface area contributed by atoms with Crippen LogP contribution >= 0.6 is 0 Å². The Labute approximate surface area is 193 Å². The van der Waals surface area contributed by atoms with Gasteiger partial charge in [0.2, 0.25) is 15.9 Å². The van der Waals surface area contributed by atoms with Crippen molar-refractivity contribution < 1.29 is 32.2 Å². The third-order valence-corrected chi connectivity index (χ3v) is 7.31. The van der Waals surface area contributed by atoms with Crippen molar-refractivity contribution in [3.63, 3.8) is 0 Å². The Hall–Kier alpha value is -2.95. The molecule has 3 rings (SSSR count). The number of nitrogens with zero attached hydrogens (tertiary/aromatic N) is 1. The summed E-state index contributed by atoms with van der Waals surface area (Å²) in [6.45, 7) is 3.14. The first-order chi connectivity index (χ1) is 15.8. The second kappa shape index (κ2) is 10.8. The summed E-state index contributed by atoms with van der Waals surface area (Å²) in [4.78, 5) is 24.5. The van der Waals surface area contributed by atoms with Crippen molar-refractivity contribution >= 4 is 27.6 Å². The van der Waals surface area contributed by atoms with Gasteiger partial charge in [0.05, 0.1) is 37.9 Å². The number of esters is 1. The summed E-state index contributed by atoms with van der Waals surface area (Å²) in [6, 6.07) is 9.58. The number of benzene rings is 2. The number of rotatable bonds is 8. The van der Waals surface area contributed by atoms with Crippen LogP contribution in [0.5, 0.6) is 5.75 Å².